The molecule has 0 atom stereocenters. The number of benzene rings is 2. The Bertz CT molecular complexity index is 709. The number of carboxylic acids is 1. The summed E-state index contributed by atoms with van der Waals surface area (Å²) in [4.78, 5) is 23.4. The zero-order valence-electron chi connectivity index (χ0n) is 11.2. The lowest BCUT2D eigenvalue weighted by Crippen LogP contribution is -2.15. The van der Waals surface area contributed by atoms with Crippen molar-refractivity contribution in [3.8, 4) is 0 Å². The molecule has 2 aromatic carbocycles. The number of carbonyl (C=O) groups excluding carboxylic acids is 1. The van der Waals surface area contributed by atoms with Gasteiger partial charge in [-0.2, -0.15) is 0 Å². The highest BCUT2D eigenvalue weighted by Crippen LogP contribution is 2.21. The van der Waals surface area contributed by atoms with Crippen LogP contribution in [0.3, 0.4) is 0 Å². The molecule has 0 saturated heterocycles. The minimum Gasteiger partial charge on any atom is -0.478 e. The third kappa shape index (κ3) is 3.61. The Morgan fingerprint density at radius 2 is 1.90 bits per heavy atom. The number of nitrogens with two attached hydrogens (primary N) is 1. The summed E-state index contributed by atoms with van der Waals surface area (Å²) in [7, 11) is 0. The Kier molecular flexibility index (Phi) is 4.28. The highest BCUT2D eigenvalue weighted by atomic mass is 79.9. The molecule has 21 heavy (non-hydrogen) atoms. The molecule has 2 rings (SSSR count). The SMILES string of the molecule is Cc1ccc(NC(=O)c2cc(N)cc(Br)c2)c(C(=O)O)c1. The number of rotatable bonds is 3. The first kappa shape index (κ1) is 15.1. The number of aryl methyl sites for hydroxylation is 1. The van der Waals surface area contributed by atoms with Gasteiger partial charge >= 0.3 is 5.97 Å². The van der Waals surface area contributed by atoms with Gasteiger partial charge in [-0.15, -0.1) is 0 Å². The van der Waals surface area contributed by atoms with Crippen molar-refractivity contribution in [3.63, 3.8) is 0 Å². The van der Waals surface area contributed by atoms with E-state index in [0.717, 1.165) is 5.56 Å². The summed E-state index contributed by atoms with van der Waals surface area (Å²) in [6, 6.07) is 9.61. The van der Waals surface area contributed by atoms with E-state index in [9.17, 15) is 14.7 Å². The second-order valence-corrected chi connectivity index (χ2v) is 5.50. The van der Waals surface area contributed by atoms with Gasteiger partial charge in [0.1, 0.15) is 0 Å². The number of nitrogen functional groups attached to an aromatic ring is 1. The topological polar surface area (TPSA) is 92.4 Å². The van der Waals surface area contributed by atoms with Gasteiger partial charge in [0.05, 0.1) is 11.3 Å². The number of carboxylic acid groups (broad SMARTS) is 1. The van der Waals surface area contributed by atoms with Gasteiger partial charge in [-0.25, -0.2) is 4.79 Å². The summed E-state index contributed by atoms with van der Waals surface area (Å²) >= 11 is 3.26. The highest BCUT2D eigenvalue weighted by molar-refractivity contribution is 9.10. The fraction of sp³-hybridized carbons (Fsp3) is 0.0667. The van der Waals surface area contributed by atoms with E-state index in [-0.39, 0.29) is 11.3 Å². The van der Waals surface area contributed by atoms with Crippen LogP contribution in [0.5, 0.6) is 0 Å². The average molecular weight is 349 g/mol. The molecule has 0 unspecified atom stereocenters. The zero-order valence-corrected chi connectivity index (χ0v) is 12.8. The van der Waals surface area contributed by atoms with Crippen LogP contribution in [0.1, 0.15) is 26.3 Å². The molecule has 0 heterocycles. The third-order valence-corrected chi connectivity index (χ3v) is 3.29. The lowest BCUT2D eigenvalue weighted by atomic mass is 10.1. The first-order chi connectivity index (χ1) is 9.86. The molecule has 0 aromatic heterocycles. The normalized spacial score (nSPS) is 10.2. The third-order valence-electron chi connectivity index (χ3n) is 2.84. The summed E-state index contributed by atoms with van der Waals surface area (Å²) in [5.41, 5.74) is 7.57. The Morgan fingerprint density at radius 3 is 2.52 bits per heavy atom. The van der Waals surface area contributed by atoms with Crippen molar-refractivity contribution in [2.75, 3.05) is 11.1 Å². The number of aromatic carboxylic acids is 1. The van der Waals surface area contributed by atoms with E-state index in [4.69, 9.17) is 5.73 Å². The van der Waals surface area contributed by atoms with E-state index in [1.807, 2.05) is 0 Å². The van der Waals surface area contributed by atoms with Crippen LogP contribution in [0, 0.1) is 6.92 Å². The maximum Gasteiger partial charge on any atom is 0.337 e. The molecule has 4 N–H and O–H groups in total. The van der Waals surface area contributed by atoms with Gasteiger partial charge in [0.15, 0.2) is 0 Å². The molecule has 0 aliphatic carbocycles. The molecule has 0 fully saturated rings. The zero-order chi connectivity index (χ0) is 15.6. The number of halogens is 1. The summed E-state index contributed by atoms with van der Waals surface area (Å²) in [5, 5.41) is 11.8. The van der Waals surface area contributed by atoms with E-state index in [1.165, 1.54) is 12.1 Å². The van der Waals surface area contributed by atoms with Crippen LogP contribution in [0.2, 0.25) is 0 Å². The van der Waals surface area contributed by atoms with Crippen LogP contribution < -0.4 is 11.1 Å². The van der Waals surface area contributed by atoms with Gasteiger partial charge in [0.25, 0.3) is 5.91 Å². The molecule has 0 aliphatic heterocycles. The Balaban J connectivity index is 2.33. The summed E-state index contributed by atoms with van der Waals surface area (Å²) in [6.07, 6.45) is 0. The van der Waals surface area contributed by atoms with E-state index in [1.54, 1.807) is 31.2 Å². The fourth-order valence-corrected chi connectivity index (χ4v) is 2.39. The molecular formula is C15H13BrN2O3. The second-order valence-electron chi connectivity index (χ2n) is 4.58. The summed E-state index contributed by atoms with van der Waals surface area (Å²) < 4.78 is 0.676. The number of amides is 1. The molecule has 5 nitrogen and oxygen atoms in total. The molecule has 2 aromatic rings. The number of hydrogen-bond donors (Lipinski definition) is 3. The molecule has 6 heteroatoms. The van der Waals surface area contributed by atoms with E-state index in [2.05, 4.69) is 21.2 Å². The maximum atomic E-state index is 12.2. The van der Waals surface area contributed by atoms with Crippen molar-refractivity contribution in [2.45, 2.75) is 6.92 Å². The van der Waals surface area contributed by atoms with Crippen molar-refractivity contribution in [2.24, 2.45) is 0 Å². The Labute approximate surface area is 129 Å². The molecular weight excluding hydrogens is 336 g/mol. The van der Waals surface area contributed by atoms with E-state index < -0.39 is 11.9 Å². The molecule has 0 radical (unpaired) electrons. The molecule has 0 bridgehead atoms. The monoisotopic (exact) mass is 348 g/mol. The Morgan fingerprint density at radius 1 is 1.19 bits per heavy atom. The first-order valence-corrected chi connectivity index (χ1v) is 6.87. The molecule has 108 valence electrons. The number of carbonyl (C=O) groups is 2. The maximum absolute atomic E-state index is 12.2. The minimum absolute atomic E-state index is 0.0475. The van der Waals surface area contributed by atoms with Gasteiger partial charge < -0.3 is 16.2 Å². The average Bonchev–Trinajstić information content (AvgIpc) is 2.39. The van der Waals surface area contributed by atoms with Crippen LogP contribution >= 0.6 is 15.9 Å². The summed E-state index contributed by atoms with van der Waals surface area (Å²) in [5.74, 6) is -1.52. The van der Waals surface area contributed by atoms with Crippen molar-refractivity contribution in [1.29, 1.82) is 0 Å². The molecule has 0 aliphatic rings. The second kappa shape index (κ2) is 5.97. The first-order valence-electron chi connectivity index (χ1n) is 6.08. The standard InChI is InChI=1S/C15H13BrN2O3/c1-8-2-3-13(12(4-8)15(20)21)18-14(19)9-5-10(16)7-11(17)6-9/h2-7H,17H2,1H3,(H,18,19)(H,20,21). The predicted octanol–water partition coefficient (Wildman–Crippen LogP) is 3.29. The van der Waals surface area contributed by atoms with Gasteiger partial charge in [-0.3, -0.25) is 4.79 Å². The van der Waals surface area contributed by atoms with Crippen LogP contribution in [-0.4, -0.2) is 17.0 Å². The Hall–Kier alpha value is -2.34. The minimum atomic E-state index is -1.09. The fourth-order valence-electron chi connectivity index (χ4n) is 1.88. The highest BCUT2D eigenvalue weighted by Gasteiger charge is 2.14. The van der Waals surface area contributed by atoms with Gasteiger partial charge in [-0.1, -0.05) is 27.6 Å². The van der Waals surface area contributed by atoms with Crippen molar-refractivity contribution in [3.05, 3.63) is 57.6 Å². The summed E-state index contributed by atoms with van der Waals surface area (Å²) in [6.45, 7) is 1.78. The molecule has 1 amide bonds. The lowest BCUT2D eigenvalue weighted by Gasteiger charge is -2.10. The van der Waals surface area contributed by atoms with Crippen LogP contribution in [0.25, 0.3) is 0 Å². The van der Waals surface area contributed by atoms with Crippen LogP contribution in [0.15, 0.2) is 40.9 Å². The smallest absolute Gasteiger partial charge is 0.337 e. The molecule has 0 spiro atoms. The van der Waals surface area contributed by atoms with Crippen LogP contribution in [-0.2, 0) is 0 Å². The van der Waals surface area contributed by atoms with Crippen molar-refractivity contribution < 1.29 is 14.7 Å². The van der Waals surface area contributed by atoms with E-state index >= 15 is 0 Å². The van der Waals surface area contributed by atoms with Gasteiger partial charge in [-0.05, 0) is 37.3 Å². The van der Waals surface area contributed by atoms with Crippen LogP contribution in [0.4, 0.5) is 11.4 Å². The van der Waals surface area contributed by atoms with Crippen molar-refractivity contribution >= 4 is 39.2 Å². The predicted molar refractivity (Wildman–Crippen MR) is 84.6 cm³/mol. The number of hydrogen-bond acceptors (Lipinski definition) is 3. The quantitative estimate of drug-likeness (QED) is 0.742. The van der Waals surface area contributed by atoms with Gasteiger partial charge in [0, 0.05) is 15.7 Å². The van der Waals surface area contributed by atoms with E-state index in [0.29, 0.717) is 15.7 Å². The van der Waals surface area contributed by atoms with Crippen molar-refractivity contribution in [1.82, 2.24) is 0 Å². The number of nitrogens with one attached hydrogen (secondary N) is 1. The lowest BCUT2D eigenvalue weighted by molar-refractivity contribution is 0.0698. The largest absolute Gasteiger partial charge is 0.478 e. The number of anilines is 2. The molecule has 0 saturated carbocycles. The van der Waals surface area contributed by atoms with Gasteiger partial charge in [0.2, 0.25) is 0 Å².